The first kappa shape index (κ1) is 12.8. The molecule has 0 aliphatic heterocycles. The monoisotopic (exact) mass is 253 g/mol. The first-order chi connectivity index (χ1) is 8.13. The molecule has 94 valence electrons. The lowest BCUT2D eigenvalue weighted by Crippen LogP contribution is -2.36. The van der Waals surface area contributed by atoms with Crippen molar-refractivity contribution in [2.75, 3.05) is 0 Å². The Morgan fingerprint density at radius 1 is 1.47 bits per heavy atom. The van der Waals surface area contributed by atoms with Crippen LogP contribution in [0, 0.1) is 5.92 Å². The number of hydrogen-bond acceptors (Lipinski definition) is 2. The van der Waals surface area contributed by atoms with E-state index in [9.17, 15) is 5.11 Å². The van der Waals surface area contributed by atoms with E-state index in [1.165, 1.54) is 6.42 Å². The van der Waals surface area contributed by atoms with Gasteiger partial charge in [-0.3, -0.25) is 4.98 Å². The van der Waals surface area contributed by atoms with Crippen LogP contribution in [0.2, 0.25) is 5.02 Å². The van der Waals surface area contributed by atoms with Gasteiger partial charge in [-0.2, -0.15) is 0 Å². The fourth-order valence-corrected chi connectivity index (χ4v) is 2.89. The molecule has 0 saturated heterocycles. The van der Waals surface area contributed by atoms with E-state index in [1.807, 2.05) is 6.07 Å². The van der Waals surface area contributed by atoms with Gasteiger partial charge >= 0.3 is 0 Å². The second kappa shape index (κ2) is 5.36. The quantitative estimate of drug-likeness (QED) is 0.893. The maximum atomic E-state index is 10.6. The van der Waals surface area contributed by atoms with Gasteiger partial charge in [-0.1, -0.05) is 24.9 Å². The van der Waals surface area contributed by atoms with Gasteiger partial charge in [0, 0.05) is 18.8 Å². The van der Waals surface area contributed by atoms with Crippen LogP contribution in [-0.4, -0.2) is 15.7 Å². The lowest BCUT2D eigenvalue weighted by atomic mass is 9.75. The van der Waals surface area contributed by atoms with E-state index in [1.54, 1.807) is 12.4 Å². The van der Waals surface area contributed by atoms with Gasteiger partial charge in [-0.25, -0.2) is 0 Å². The molecule has 2 nitrogen and oxygen atoms in total. The van der Waals surface area contributed by atoms with Gasteiger partial charge in [0.1, 0.15) is 0 Å². The van der Waals surface area contributed by atoms with Crippen molar-refractivity contribution in [3.8, 4) is 0 Å². The largest absolute Gasteiger partial charge is 0.390 e. The molecular formula is C14H20ClNO. The zero-order valence-electron chi connectivity index (χ0n) is 10.3. The van der Waals surface area contributed by atoms with Crippen molar-refractivity contribution in [3.05, 3.63) is 29.0 Å². The van der Waals surface area contributed by atoms with E-state index in [4.69, 9.17) is 11.6 Å². The summed E-state index contributed by atoms with van der Waals surface area (Å²) >= 11 is 6.09. The van der Waals surface area contributed by atoms with Gasteiger partial charge in [0.2, 0.25) is 0 Å². The molecule has 1 aliphatic carbocycles. The van der Waals surface area contributed by atoms with Gasteiger partial charge in [-0.15, -0.1) is 0 Å². The van der Waals surface area contributed by atoms with Crippen LogP contribution in [-0.2, 0) is 6.42 Å². The number of rotatable bonds is 3. The summed E-state index contributed by atoms with van der Waals surface area (Å²) in [5.74, 6) is 0.795. The van der Waals surface area contributed by atoms with Crippen LogP contribution in [0.4, 0.5) is 0 Å². The Bertz CT molecular complexity index is 372. The average molecular weight is 254 g/mol. The third kappa shape index (κ3) is 3.20. The normalized spacial score (nSPS) is 29.2. The molecule has 1 fully saturated rings. The summed E-state index contributed by atoms with van der Waals surface area (Å²) in [6.45, 7) is 2.23. The highest BCUT2D eigenvalue weighted by Crippen LogP contribution is 2.36. The number of aliphatic hydroxyl groups is 1. The maximum absolute atomic E-state index is 10.6. The first-order valence-corrected chi connectivity index (χ1v) is 6.81. The molecule has 1 aromatic rings. The van der Waals surface area contributed by atoms with Crippen LogP contribution in [0.3, 0.4) is 0 Å². The number of pyridine rings is 1. The SMILES string of the molecule is CCC1CCC(O)(Cc2ccncc2Cl)CC1. The minimum atomic E-state index is -0.559. The number of halogens is 1. The fraction of sp³-hybridized carbons (Fsp3) is 0.643. The second-order valence-corrected chi connectivity index (χ2v) is 5.63. The Morgan fingerprint density at radius 2 is 2.18 bits per heavy atom. The Kier molecular flexibility index (Phi) is 4.05. The maximum Gasteiger partial charge on any atom is 0.0688 e. The molecule has 0 amide bonds. The summed E-state index contributed by atoms with van der Waals surface area (Å²) < 4.78 is 0. The molecule has 1 aromatic heterocycles. The third-order valence-corrected chi connectivity index (χ3v) is 4.33. The Balaban J connectivity index is 2.01. The van der Waals surface area contributed by atoms with E-state index < -0.39 is 5.60 Å². The molecule has 0 spiro atoms. The summed E-state index contributed by atoms with van der Waals surface area (Å²) in [7, 11) is 0. The molecule has 17 heavy (non-hydrogen) atoms. The van der Waals surface area contributed by atoms with Crippen LogP contribution in [0.1, 0.15) is 44.6 Å². The minimum Gasteiger partial charge on any atom is -0.390 e. The van der Waals surface area contributed by atoms with Gasteiger partial charge in [-0.05, 0) is 43.2 Å². The van der Waals surface area contributed by atoms with Gasteiger partial charge in [0.25, 0.3) is 0 Å². The minimum absolute atomic E-state index is 0.559. The van der Waals surface area contributed by atoms with Crippen molar-refractivity contribution in [1.82, 2.24) is 4.98 Å². The average Bonchev–Trinajstić information content (AvgIpc) is 2.33. The van der Waals surface area contributed by atoms with E-state index in [0.717, 1.165) is 37.2 Å². The predicted octanol–water partition coefficient (Wildman–Crippen LogP) is 3.61. The standard InChI is InChI=1S/C14H20ClNO/c1-2-11-3-6-14(17,7-4-11)9-12-5-8-16-10-13(12)15/h5,8,10-11,17H,2-4,6-7,9H2,1H3. The predicted molar refractivity (Wildman–Crippen MR) is 70.1 cm³/mol. The Hall–Kier alpha value is -0.600. The second-order valence-electron chi connectivity index (χ2n) is 5.22. The molecule has 3 heteroatoms. The van der Waals surface area contributed by atoms with Gasteiger partial charge < -0.3 is 5.11 Å². The first-order valence-electron chi connectivity index (χ1n) is 6.44. The highest BCUT2D eigenvalue weighted by atomic mass is 35.5. The Morgan fingerprint density at radius 3 is 2.76 bits per heavy atom. The van der Waals surface area contributed by atoms with Gasteiger partial charge in [0.05, 0.1) is 10.6 Å². The smallest absolute Gasteiger partial charge is 0.0688 e. The molecule has 1 N–H and O–H groups in total. The summed E-state index contributed by atoms with van der Waals surface area (Å²) in [5, 5.41) is 11.2. The van der Waals surface area contributed by atoms with Crippen molar-refractivity contribution < 1.29 is 5.11 Å². The molecular weight excluding hydrogens is 234 g/mol. The van der Waals surface area contributed by atoms with Crippen LogP contribution in [0.5, 0.6) is 0 Å². The molecule has 0 atom stereocenters. The molecule has 1 saturated carbocycles. The molecule has 0 unspecified atom stereocenters. The summed E-state index contributed by atoms with van der Waals surface area (Å²) in [6.07, 6.45) is 9.33. The topological polar surface area (TPSA) is 33.1 Å². The van der Waals surface area contributed by atoms with Crippen LogP contribution in [0.25, 0.3) is 0 Å². The molecule has 2 rings (SSSR count). The van der Waals surface area contributed by atoms with Crippen LogP contribution < -0.4 is 0 Å². The number of aromatic nitrogens is 1. The van der Waals surface area contributed by atoms with Crippen LogP contribution >= 0.6 is 11.6 Å². The third-order valence-electron chi connectivity index (χ3n) is 3.99. The van der Waals surface area contributed by atoms with Crippen molar-refractivity contribution in [3.63, 3.8) is 0 Å². The van der Waals surface area contributed by atoms with E-state index >= 15 is 0 Å². The molecule has 0 bridgehead atoms. The van der Waals surface area contributed by atoms with Crippen LogP contribution in [0.15, 0.2) is 18.5 Å². The van der Waals surface area contributed by atoms with E-state index in [-0.39, 0.29) is 0 Å². The Labute approximate surface area is 108 Å². The molecule has 1 aliphatic rings. The fourth-order valence-electron chi connectivity index (χ4n) is 2.70. The zero-order valence-corrected chi connectivity index (χ0v) is 11.1. The summed E-state index contributed by atoms with van der Waals surface area (Å²) in [4.78, 5) is 3.97. The van der Waals surface area contributed by atoms with Crippen molar-refractivity contribution in [1.29, 1.82) is 0 Å². The van der Waals surface area contributed by atoms with E-state index in [0.29, 0.717) is 11.4 Å². The van der Waals surface area contributed by atoms with E-state index in [2.05, 4.69) is 11.9 Å². The molecule has 0 aromatic carbocycles. The van der Waals surface area contributed by atoms with Crippen molar-refractivity contribution in [2.45, 2.75) is 51.0 Å². The number of hydrogen-bond donors (Lipinski definition) is 1. The molecule has 1 heterocycles. The van der Waals surface area contributed by atoms with Crippen molar-refractivity contribution >= 4 is 11.6 Å². The molecule has 0 radical (unpaired) electrons. The highest BCUT2D eigenvalue weighted by molar-refractivity contribution is 6.31. The lowest BCUT2D eigenvalue weighted by molar-refractivity contribution is -0.00921. The van der Waals surface area contributed by atoms with Gasteiger partial charge in [0.15, 0.2) is 0 Å². The summed E-state index contributed by atoms with van der Waals surface area (Å²) in [5.41, 5.74) is 0.454. The number of nitrogens with zero attached hydrogens (tertiary/aromatic N) is 1. The van der Waals surface area contributed by atoms with Crippen molar-refractivity contribution in [2.24, 2.45) is 5.92 Å². The summed E-state index contributed by atoms with van der Waals surface area (Å²) in [6, 6.07) is 1.91. The lowest BCUT2D eigenvalue weighted by Gasteiger charge is -2.36. The highest BCUT2D eigenvalue weighted by Gasteiger charge is 2.33. The zero-order chi connectivity index (χ0) is 12.3.